The molecule has 33 heavy (non-hydrogen) atoms. The third-order valence-electron chi connectivity index (χ3n) is 7.87. The summed E-state index contributed by atoms with van der Waals surface area (Å²) < 4.78 is 5.50. The fourth-order valence-corrected chi connectivity index (χ4v) is 6.30. The summed E-state index contributed by atoms with van der Waals surface area (Å²) in [6, 6.07) is 13.3. The average Bonchev–Trinajstić information content (AvgIpc) is 3.43. The van der Waals surface area contributed by atoms with E-state index in [9.17, 15) is 4.79 Å². The van der Waals surface area contributed by atoms with Crippen molar-refractivity contribution in [3.8, 4) is 0 Å². The van der Waals surface area contributed by atoms with Crippen molar-refractivity contribution in [2.75, 3.05) is 26.3 Å². The number of H-pyrrole nitrogens is 1. The molecule has 3 aliphatic heterocycles. The third kappa shape index (κ3) is 4.06. The van der Waals surface area contributed by atoms with Crippen LogP contribution in [0.15, 0.2) is 48.8 Å². The first-order valence-corrected chi connectivity index (χ1v) is 12.4. The summed E-state index contributed by atoms with van der Waals surface area (Å²) in [6.07, 6.45) is 9.42. The number of fused-ring (bicyclic) bond motifs is 3. The van der Waals surface area contributed by atoms with Gasteiger partial charge in [0.1, 0.15) is 5.65 Å². The van der Waals surface area contributed by atoms with Crippen LogP contribution in [-0.4, -0.2) is 64.1 Å². The van der Waals surface area contributed by atoms with Crippen molar-refractivity contribution >= 4 is 16.9 Å². The second kappa shape index (κ2) is 8.92. The lowest BCUT2D eigenvalue weighted by atomic mass is 9.85. The molecule has 2 unspecified atom stereocenters. The van der Waals surface area contributed by atoms with E-state index < -0.39 is 0 Å². The second-order valence-electron chi connectivity index (χ2n) is 9.89. The highest BCUT2D eigenvalue weighted by atomic mass is 16.5. The molecule has 1 aromatic carbocycles. The van der Waals surface area contributed by atoms with Gasteiger partial charge in [-0.25, -0.2) is 4.98 Å². The van der Waals surface area contributed by atoms with Crippen LogP contribution in [0.4, 0.5) is 0 Å². The molecule has 2 atom stereocenters. The molecule has 5 heterocycles. The van der Waals surface area contributed by atoms with Gasteiger partial charge in [-0.05, 0) is 67.3 Å². The summed E-state index contributed by atoms with van der Waals surface area (Å²) in [6.45, 7) is 4.25. The number of piperidine rings is 1. The Hall–Kier alpha value is -2.70. The molecule has 1 N–H and O–H groups in total. The number of benzene rings is 1. The van der Waals surface area contributed by atoms with E-state index in [2.05, 4.69) is 44.0 Å². The Labute approximate surface area is 194 Å². The Morgan fingerprint density at radius 2 is 1.82 bits per heavy atom. The minimum atomic E-state index is 0.238. The smallest absolute Gasteiger partial charge is 0.254 e. The molecular weight excluding hydrogens is 412 g/mol. The number of morpholine rings is 1. The van der Waals surface area contributed by atoms with E-state index in [1.54, 1.807) is 0 Å². The summed E-state index contributed by atoms with van der Waals surface area (Å²) in [4.78, 5) is 26.1. The molecule has 172 valence electrons. The van der Waals surface area contributed by atoms with E-state index in [1.165, 1.54) is 10.9 Å². The van der Waals surface area contributed by atoms with Gasteiger partial charge < -0.3 is 14.6 Å². The Kier molecular flexibility index (Phi) is 5.64. The number of aromatic nitrogens is 2. The van der Waals surface area contributed by atoms with Crippen molar-refractivity contribution < 1.29 is 9.53 Å². The molecule has 2 bridgehead atoms. The van der Waals surface area contributed by atoms with Crippen molar-refractivity contribution in [1.82, 2.24) is 19.8 Å². The van der Waals surface area contributed by atoms with Crippen molar-refractivity contribution in [3.05, 3.63) is 65.5 Å². The van der Waals surface area contributed by atoms with Crippen LogP contribution in [0.3, 0.4) is 0 Å². The molecule has 3 aromatic rings. The molecule has 6 heteroatoms. The zero-order valence-electron chi connectivity index (χ0n) is 19.1. The Bertz CT molecular complexity index is 1120. The Morgan fingerprint density at radius 1 is 1.03 bits per heavy atom. The van der Waals surface area contributed by atoms with Gasteiger partial charge >= 0.3 is 0 Å². The fourth-order valence-electron chi connectivity index (χ4n) is 6.30. The first kappa shape index (κ1) is 20.9. The van der Waals surface area contributed by atoms with Crippen molar-refractivity contribution in [2.24, 2.45) is 5.92 Å². The number of amides is 1. The van der Waals surface area contributed by atoms with Gasteiger partial charge in [-0.1, -0.05) is 18.2 Å². The molecule has 0 radical (unpaired) electrons. The van der Waals surface area contributed by atoms with E-state index in [0.717, 1.165) is 81.7 Å². The fraction of sp³-hybridized carbons (Fsp3) is 0.481. The molecular formula is C27H32N4O2. The van der Waals surface area contributed by atoms with Crippen LogP contribution in [0.2, 0.25) is 0 Å². The van der Waals surface area contributed by atoms with Crippen LogP contribution < -0.4 is 0 Å². The molecule has 3 aliphatic rings. The first-order valence-electron chi connectivity index (χ1n) is 12.4. The number of rotatable bonds is 5. The highest BCUT2D eigenvalue weighted by Gasteiger charge is 2.43. The third-order valence-corrected chi connectivity index (χ3v) is 7.87. The van der Waals surface area contributed by atoms with Gasteiger partial charge in [-0.15, -0.1) is 0 Å². The van der Waals surface area contributed by atoms with Crippen LogP contribution in [0.5, 0.6) is 0 Å². The predicted octanol–water partition coefficient (Wildman–Crippen LogP) is 4.02. The second-order valence-corrected chi connectivity index (χ2v) is 9.89. The van der Waals surface area contributed by atoms with Crippen molar-refractivity contribution in [2.45, 2.75) is 50.7 Å². The van der Waals surface area contributed by atoms with Crippen molar-refractivity contribution in [1.29, 1.82) is 0 Å². The number of pyridine rings is 1. The highest BCUT2D eigenvalue weighted by molar-refractivity contribution is 5.96. The average molecular weight is 445 g/mol. The van der Waals surface area contributed by atoms with Crippen LogP contribution in [0.25, 0.3) is 11.0 Å². The predicted molar refractivity (Wildman–Crippen MR) is 128 cm³/mol. The summed E-state index contributed by atoms with van der Waals surface area (Å²) in [5.41, 5.74) is 4.39. The summed E-state index contributed by atoms with van der Waals surface area (Å²) in [7, 11) is 0. The summed E-state index contributed by atoms with van der Waals surface area (Å²) >= 11 is 0. The Balaban J connectivity index is 1.18. The number of nitrogens with one attached hydrogen (secondary N) is 1. The summed E-state index contributed by atoms with van der Waals surface area (Å²) in [5, 5.41) is 1.24. The molecule has 2 aromatic heterocycles. The highest BCUT2D eigenvalue weighted by Crippen LogP contribution is 2.41. The maximum atomic E-state index is 13.8. The minimum Gasteiger partial charge on any atom is -0.379 e. The van der Waals surface area contributed by atoms with Crippen LogP contribution in [-0.2, 0) is 17.7 Å². The molecule has 6 rings (SSSR count). The van der Waals surface area contributed by atoms with Crippen LogP contribution in [0.1, 0.15) is 47.2 Å². The standard InChI is InChI=1S/C27H32N4O2/c32-27(25-4-2-1-3-21(25)18-30-11-13-33-14-12-30)31-22-5-6-23(31)17-19(16-22)15-20-7-9-28-26-24(20)8-10-29-26/h1-4,7-10,19,22-23H,5-6,11-18H2,(H,28,29). The number of aromatic amines is 1. The van der Waals surface area contributed by atoms with Crippen LogP contribution in [0, 0.1) is 5.92 Å². The molecule has 3 fully saturated rings. The zero-order valence-corrected chi connectivity index (χ0v) is 19.1. The van der Waals surface area contributed by atoms with E-state index >= 15 is 0 Å². The normalized spacial score (nSPS) is 25.6. The van der Waals surface area contributed by atoms with Crippen molar-refractivity contribution in [3.63, 3.8) is 0 Å². The van der Waals surface area contributed by atoms with Gasteiger partial charge in [0.2, 0.25) is 0 Å². The van der Waals surface area contributed by atoms with Gasteiger partial charge in [-0.3, -0.25) is 9.69 Å². The number of hydrogen-bond acceptors (Lipinski definition) is 4. The molecule has 6 nitrogen and oxygen atoms in total. The monoisotopic (exact) mass is 444 g/mol. The quantitative estimate of drug-likeness (QED) is 0.646. The van der Waals surface area contributed by atoms with Gasteiger partial charge in [0.15, 0.2) is 0 Å². The summed E-state index contributed by atoms with van der Waals surface area (Å²) in [5.74, 6) is 0.859. The van der Waals surface area contributed by atoms with Crippen LogP contribution >= 0.6 is 0 Å². The topological polar surface area (TPSA) is 61.5 Å². The number of carbonyl (C=O) groups excluding carboxylic acids is 1. The van der Waals surface area contributed by atoms with E-state index in [1.807, 2.05) is 24.5 Å². The zero-order chi connectivity index (χ0) is 22.2. The van der Waals surface area contributed by atoms with E-state index in [-0.39, 0.29) is 5.91 Å². The largest absolute Gasteiger partial charge is 0.379 e. The maximum absolute atomic E-state index is 13.8. The van der Waals surface area contributed by atoms with Gasteiger partial charge in [0.05, 0.1) is 13.2 Å². The molecule has 0 saturated carbocycles. The van der Waals surface area contributed by atoms with Gasteiger partial charge in [0.25, 0.3) is 5.91 Å². The lowest BCUT2D eigenvalue weighted by Gasteiger charge is -2.39. The molecule has 0 aliphatic carbocycles. The number of nitrogens with zero attached hydrogens (tertiary/aromatic N) is 3. The van der Waals surface area contributed by atoms with E-state index in [4.69, 9.17) is 4.74 Å². The molecule has 1 amide bonds. The molecule has 3 saturated heterocycles. The Morgan fingerprint density at radius 3 is 2.64 bits per heavy atom. The first-order chi connectivity index (χ1) is 16.3. The van der Waals surface area contributed by atoms with Gasteiger partial charge in [0, 0.05) is 55.1 Å². The SMILES string of the molecule is O=C(c1ccccc1CN1CCOCC1)N1C2CCC1CC(Cc1ccnc3[nH]ccc13)C2. The molecule has 0 spiro atoms. The van der Waals surface area contributed by atoms with E-state index in [0.29, 0.717) is 18.0 Å². The van der Waals surface area contributed by atoms with Gasteiger partial charge in [-0.2, -0.15) is 0 Å². The lowest BCUT2D eigenvalue weighted by Crippen LogP contribution is -2.47. The lowest BCUT2D eigenvalue weighted by molar-refractivity contribution is 0.0337. The maximum Gasteiger partial charge on any atom is 0.254 e. The number of carbonyl (C=O) groups is 1. The number of hydrogen-bond donors (Lipinski definition) is 1. The number of ether oxygens (including phenoxy) is 1. The minimum absolute atomic E-state index is 0.238.